The van der Waals surface area contributed by atoms with Gasteiger partial charge >= 0.3 is 12.5 Å². The quantitative estimate of drug-likeness (QED) is 0.536. The molecule has 152 valence electrons. The summed E-state index contributed by atoms with van der Waals surface area (Å²) in [6.45, 7) is -1.58. The van der Waals surface area contributed by atoms with E-state index in [4.69, 9.17) is 4.74 Å². The van der Waals surface area contributed by atoms with E-state index < -0.39 is 36.2 Å². The number of fused-ring (bicyclic) bond motifs is 1. The highest BCUT2D eigenvalue weighted by Crippen LogP contribution is 2.35. The van der Waals surface area contributed by atoms with Gasteiger partial charge in [-0.05, 0) is 29.3 Å². The Morgan fingerprint density at radius 2 is 1.64 bits per heavy atom. The van der Waals surface area contributed by atoms with E-state index >= 15 is 0 Å². The van der Waals surface area contributed by atoms with Crippen molar-refractivity contribution >= 4 is 11.4 Å². The third kappa shape index (κ3) is 5.24. The van der Waals surface area contributed by atoms with Crippen molar-refractivity contribution < 1.29 is 40.4 Å². The molecule has 0 fully saturated rings. The average molecular weight is 425 g/mol. The number of nitrogens with zero attached hydrogens (tertiary/aromatic N) is 1. The number of hydrogen-bond acceptors (Lipinski definition) is 4. The van der Waals surface area contributed by atoms with Gasteiger partial charge in [0, 0.05) is 6.07 Å². The number of hydrogen-bond donors (Lipinski definition) is 0. The molecule has 1 unspecified atom stereocenters. The Balaban J connectivity index is 1.87. The van der Waals surface area contributed by atoms with Crippen LogP contribution in [-0.4, -0.2) is 41.1 Å². The zero-order valence-electron chi connectivity index (χ0n) is 14.0. The van der Waals surface area contributed by atoms with E-state index in [2.05, 4.69) is 4.74 Å². The van der Waals surface area contributed by atoms with Crippen molar-refractivity contribution in [2.24, 2.45) is 0 Å². The third-order valence-electron chi connectivity index (χ3n) is 3.74. The molecule has 1 heterocycles. The summed E-state index contributed by atoms with van der Waals surface area (Å²) in [5.74, 6) is -0.210. The maximum absolute atomic E-state index is 12.7. The monoisotopic (exact) mass is 425 g/mol. The molecule has 1 atom stereocenters. The largest absolute Gasteiger partial charge is 0.593 e. The molecule has 0 spiro atoms. The fraction of sp³-hybridized carbons (Fsp3) is 0.294. The molecule has 0 N–H and O–H groups in total. The van der Waals surface area contributed by atoms with Gasteiger partial charge in [-0.25, -0.2) is 0 Å². The molecule has 0 aliphatic carbocycles. The van der Waals surface area contributed by atoms with Crippen molar-refractivity contribution in [3.8, 4) is 22.6 Å². The summed E-state index contributed by atoms with van der Waals surface area (Å²) in [6, 6.07) is 9.39. The molecule has 2 aromatic carbocycles. The SMILES string of the molecule is [O-][S+]1c2cc(-c3ccc(OC(F)(F)F)cc3)ccc2OCCN1CC(F)(F)F. The Labute approximate surface area is 159 Å². The predicted molar refractivity (Wildman–Crippen MR) is 88.1 cm³/mol. The first-order valence-corrected chi connectivity index (χ1v) is 8.99. The van der Waals surface area contributed by atoms with Crippen molar-refractivity contribution in [1.82, 2.24) is 4.31 Å². The van der Waals surface area contributed by atoms with Gasteiger partial charge in [0.25, 0.3) is 0 Å². The number of rotatable bonds is 3. The standard InChI is InChI=1S/C17H13F6NO3S/c18-16(19,20)10-24-7-8-26-14-6-3-12(9-15(14)28(24)25)11-1-4-13(5-2-11)27-17(21,22)23/h1-6,9H,7-8,10H2. The minimum atomic E-state index is -4.82. The second-order valence-electron chi connectivity index (χ2n) is 5.81. The summed E-state index contributed by atoms with van der Waals surface area (Å²) in [5.41, 5.74) is 0.934. The summed E-state index contributed by atoms with van der Waals surface area (Å²) in [5, 5.41) is 0. The topological polar surface area (TPSA) is 44.8 Å². The van der Waals surface area contributed by atoms with E-state index in [-0.39, 0.29) is 23.8 Å². The third-order valence-corrected chi connectivity index (χ3v) is 5.22. The van der Waals surface area contributed by atoms with E-state index in [9.17, 15) is 30.9 Å². The first-order valence-electron chi connectivity index (χ1n) is 7.88. The molecule has 4 nitrogen and oxygen atoms in total. The molecule has 0 amide bonds. The predicted octanol–water partition coefficient (Wildman–Crippen LogP) is 4.53. The van der Waals surface area contributed by atoms with Gasteiger partial charge in [0.1, 0.15) is 18.9 Å². The zero-order valence-corrected chi connectivity index (χ0v) is 14.8. The van der Waals surface area contributed by atoms with Crippen LogP contribution in [0.5, 0.6) is 11.5 Å². The summed E-state index contributed by atoms with van der Waals surface area (Å²) in [7, 11) is 0. The van der Waals surface area contributed by atoms with Crippen LogP contribution in [-0.2, 0) is 11.4 Å². The minimum absolute atomic E-state index is 0.0579. The summed E-state index contributed by atoms with van der Waals surface area (Å²) < 4.78 is 97.4. The van der Waals surface area contributed by atoms with Crippen LogP contribution in [0, 0.1) is 0 Å². The van der Waals surface area contributed by atoms with E-state index in [1.54, 1.807) is 6.07 Å². The fourth-order valence-corrected chi connectivity index (χ4v) is 3.92. The molecule has 11 heteroatoms. The molecular formula is C17H13F6NO3S. The molecule has 0 saturated carbocycles. The fourth-order valence-electron chi connectivity index (χ4n) is 2.61. The highest BCUT2D eigenvalue weighted by Gasteiger charge is 2.39. The van der Waals surface area contributed by atoms with Crippen molar-refractivity contribution in [2.45, 2.75) is 17.4 Å². The van der Waals surface area contributed by atoms with Gasteiger partial charge < -0.3 is 14.0 Å². The number of ether oxygens (including phenoxy) is 2. The second-order valence-corrected chi connectivity index (χ2v) is 7.26. The van der Waals surface area contributed by atoms with Crippen LogP contribution in [0.25, 0.3) is 11.1 Å². The van der Waals surface area contributed by atoms with Crippen LogP contribution in [0.1, 0.15) is 0 Å². The van der Waals surface area contributed by atoms with Gasteiger partial charge in [0.05, 0.1) is 17.9 Å². The van der Waals surface area contributed by atoms with Crippen LogP contribution in [0.15, 0.2) is 47.4 Å². The molecular weight excluding hydrogens is 412 g/mol. The number of halogens is 6. The van der Waals surface area contributed by atoms with E-state index in [0.717, 1.165) is 16.4 Å². The van der Waals surface area contributed by atoms with Crippen molar-refractivity contribution in [1.29, 1.82) is 0 Å². The van der Waals surface area contributed by atoms with Crippen LogP contribution in [0.4, 0.5) is 26.3 Å². The van der Waals surface area contributed by atoms with Gasteiger partial charge in [-0.3, -0.25) is 0 Å². The van der Waals surface area contributed by atoms with Crippen LogP contribution in [0.2, 0.25) is 0 Å². The van der Waals surface area contributed by atoms with E-state index in [1.165, 1.54) is 24.3 Å². The summed E-state index contributed by atoms with van der Waals surface area (Å²) >= 11 is -2.10. The van der Waals surface area contributed by atoms with Gasteiger partial charge in [-0.15, -0.1) is 17.5 Å². The van der Waals surface area contributed by atoms with Crippen molar-refractivity contribution in [3.63, 3.8) is 0 Å². The molecule has 0 aromatic heterocycles. The second kappa shape index (κ2) is 7.72. The molecule has 0 saturated heterocycles. The van der Waals surface area contributed by atoms with Gasteiger partial charge in [0.15, 0.2) is 5.75 Å². The zero-order chi connectivity index (χ0) is 20.5. The summed E-state index contributed by atoms with van der Waals surface area (Å²) in [4.78, 5) is 0.0647. The lowest BCUT2D eigenvalue weighted by Crippen LogP contribution is -2.39. The Hall–Kier alpha value is -2.11. The van der Waals surface area contributed by atoms with Crippen LogP contribution >= 0.6 is 0 Å². The van der Waals surface area contributed by atoms with Gasteiger partial charge in [-0.2, -0.15) is 13.2 Å². The number of benzene rings is 2. The smallest absolute Gasteiger partial charge is 0.573 e. The van der Waals surface area contributed by atoms with Crippen molar-refractivity contribution in [2.75, 3.05) is 19.7 Å². The summed E-state index contributed by atoms with van der Waals surface area (Å²) in [6.07, 6.45) is -9.34. The lowest BCUT2D eigenvalue weighted by molar-refractivity contribution is -0.274. The lowest BCUT2D eigenvalue weighted by atomic mass is 10.1. The molecule has 0 bridgehead atoms. The van der Waals surface area contributed by atoms with E-state index in [0.29, 0.717) is 11.1 Å². The molecule has 1 aliphatic rings. The van der Waals surface area contributed by atoms with Gasteiger partial charge in [0.2, 0.25) is 4.90 Å². The normalized spacial score (nSPS) is 18.2. The molecule has 2 aromatic rings. The maximum Gasteiger partial charge on any atom is 0.573 e. The molecule has 0 radical (unpaired) electrons. The molecule has 1 aliphatic heterocycles. The highest BCUT2D eigenvalue weighted by molar-refractivity contribution is 7.89. The molecule has 28 heavy (non-hydrogen) atoms. The Kier molecular flexibility index (Phi) is 5.69. The van der Waals surface area contributed by atoms with Crippen LogP contribution in [0.3, 0.4) is 0 Å². The van der Waals surface area contributed by atoms with Gasteiger partial charge in [-0.1, -0.05) is 18.2 Å². The van der Waals surface area contributed by atoms with Crippen molar-refractivity contribution in [3.05, 3.63) is 42.5 Å². The number of alkyl halides is 6. The lowest BCUT2D eigenvalue weighted by Gasteiger charge is -2.22. The Morgan fingerprint density at radius 3 is 2.25 bits per heavy atom. The van der Waals surface area contributed by atoms with Crippen LogP contribution < -0.4 is 9.47 Å². The highest BCUT2D eigenvalue weighted by atomic mass is 32.2. The Bertz CT molecular complexity index is 825. The minimum Gasteiger partial charge on any atom is -0.593 e. The average Bonchev–Trinajstić information content (AvgIpc) is 2.72. The first kappa shape index (κ1) is 20.6. The maximum atomic E-state index is 12.7. The van der Waals surface area contributed by atoms with E-state index in [1.807, 2.05) is 0 Å². The Morgan fingerprint density at radius 1 is 1.00 bits per heavy atom. The first-order chi connectivity index (χ1) is 13.0. The molecule has 3 rings (SSSR count).